The number of halogens is 3. The molecule has 1 aromatic carbocycles. The van der Waals surface area contributed by atoms with Crippen molar-refractivity contribution >= 4 is 44.9 Å². The second-order valence-corrected chi connectivity index (χ2v) is 9.89. The number of aliphatic hydroxyl groups is 1. The fourth-order valence-electron chi connectivity index (χ4n) is 2.42. The van der Waals surface area contributed by atoms with Gasteiger partial charge in [-0.15, -0.1) is 11.3 Å². The molecular formula is C17H18BrF2N3OS2. The van der Waals surface area contributed by atoms with Crippen molar-refractivity contribution in [1.82, 2.24) is 14.6 Å². The van der Waals surface area contributed by atoms with Crippen molar-refractivity contribution in [1.29, 1.82) is 0 Å². The fraction of sp³-hybridized carbons (Fsp3) is 0.353. The first-order valence-electron chi connectivity index (χ1n) is 7.88. The van der Waals surface area contributed by atoms with Crippen molar-refractivity contribution in [3.8, 4) is 0 Å². The Bertz CT molecular complexity index is 841. The molecule has 2 N–H and O–H groups in total. The monoisotopic (exact) mass is 461 g/mol. The Morgan fingerprint density at radius 1 is 1.42 bits per heavy atom. The van der Waals surface area contributed by atoms with Crippen LogP contribution in [0.15, 0.2) is 28.3 Å². The average Bonchev–Trinajstić information content (AvgIpc) is 2.96. The van der Waals surface area contributed by atoms with E-state index in [4.69, 9.17) is 0 Å². The molecule has 0 spiro atoms. The van der Waals surface area contributed by atoms with E-state index in [0.29, 0.717) is 17.9 Å². The normalized spacial score (nSPS) is 14.2. The lowest BCUT2D eigenvalue weighted by molar-refractivity contribution is 0.203. The van der Waals surface area contributed by atoms with E-state index in [1.807, 2.05) is 24.4 Å². The average molecular weight is 462 g/mol. The molecule has 9 heteroatoms. The van der Waals surface area contributed by atoms with Gasteiger partial charge in [-0.3, -0.25) is 0 Å². The van der Waals surface area contributed by atoms with Crippen molar-refractivity contribution in [2.24, 2.45) is 0 Å². The van der Waals surface area contributed by atoms with Gasteiger partial charge in [0.15, 0.2) is 15.6 Å². The number of aliphatic hydroxyl groups excluding tert-OH is 1. The highest BCUT2D eigenvalue weighted by molar-refractivity contribution is 9.11. The topological polar surface area (TPSA) is 48.4 Å². The molecule has 2 heterocycles. The summed E-state index contributed by atoms with van der Waals surface area (Å²) in [5, 5.41) is 12.8. The quantitative estimate of drug-likeness (QED) is 0.619. The Hall–Kier alpha value is -1.16. The third-order valence-electron chi connectivity index (χ3n) is 3.78. The van der Waals surface area contributed by atoms with Crippen molar-refractivity contribution in [3.05, 3.63) is 56.1 Å². The summed E-state index contributed by atoms with van der Waals surface area (Å²) in [6, 6.07) is 4.21. The summed E-state index contributed by atoms with van der Waals surface area (Å²) in [4.78, 5) is 5.56. The second kappa shape index (κ2) is 7.84. The summed E-state index contributed by atoms with van der Waals surface area (Å²) in [5.74, 6) is -1.33. The molecule has 3 rings (SSSR count). The zero-order valence-corrected chi connectivity index (χ0v) is 17.4. The maximum atomic E-state index is 13.9. The number of fused-ring (bicyclic) bond motifs is 1. The predicted octanol–water partition coefficient (Wildman–Crippen LogP) is 4.51. The number of nitrogens with zero attached hydrogens (tertiary/aromatic N) is 2. The summed E-state index contributed by atoms with van der Waals surface area (Å²) in [6.07, 6.45) is 1.90. The highest BCUT2D eigenvalue weighted by Crippen LogP contribution is 2.36. The Kier molecular flexibility index (Phi) is 5.91. The van der Waals surface area contributed by atoms with Crippen molar-refractivity contribution < 1.29 is 13.9 Å². The van der Waals surface area contributed by atoms with Gasteiger partial charge >= 0.3 is 0 Å². The Morgan fingerprint density at radius 3 is 2.92 bits per heavy atom. The summed E-state index contributed by atoms with van der Waals surface area (Å²) in [7, 11) is 0. The number of aromatic nitrogens is 1. The first-order valence-corrected chi connectivity index (χ1v) is 10.4. The van der Waals surface area contributed by atoms with Crippen LogP contribution in [0.25, 0.3) is 5.70 Å². The third-order valence-corrected chi connectivity index (χ3v) is 6.28. The standard InChI is InChI=1S/C17H18BrF2N3OS2/c1-17(2,9-24)22-12-6-23(7-13-15(12)21-16(18)26-13)25-8-10-4-3-5-11(19)14(10)20/h3-6,22,24H,7-9H2,1-2H3. The van der Waals surface area contributed by atoms with E-state index < -0.39 is 17.2 Å². The zero-order chi connectivity index (χ0) is 18.9. The van der Waals surface area contributed by atoms with Crippen LogP contribution in [-0.2, 0) is 12.3 Å². The van der Waals surface area contributed by atoms with Gasteiger partial charge < -0.3 is 14.7 Å². The molecule has 1 aliphatic rings. The van der Waals surface area contributed by atoms with Crippen molar-refractivity contribution in [2.45, 2.75) is 31.7 Å². The molecule has 0 amide bonds. The largest absolute Gasteiger partial charge is 0.394 e. The SMILES string of the molecule is CC(C)(CO)NC1=CN(SCc2cccc(F)c2F)Cc2sc(Br)nc21. The van der Waals surface area contributed by atoms with Crippen LogP contribution in [0, 0.1) is 11.6 Å². The first kappa shape index (κ1) is 19.6. The molecule has 0 aliphatic carbocycles. The molecule has 0 bridgehead atoms. The molecule has 0 radical (unpaired) electrons. The second-order valence-electron chi connectivity index (χ2n) is 6.51. The van der Waals surface area contributed by atoms with Gasteiger partial charge in [0.2, 0.25) is 0 Å². The lowest BCUT2D eigenvalue weighted by Gasteiger charge is -2.31. The summed E-state index contributed by atoms with van der Waals surface area (Å²) < 4.78 is 30.0. The van der Waals surface area contributed by atoms with Gasteiger partial charge in [-0.25, -0.2) is 13.8 Å². The lowest BCUT2D eigenvalue weighted by Crippen LogP contribution is -2.42. The first-order chi connectivity index (χ1) is 12.3. The van der Waals surface area contributed by atoms with E-state index in [2.05, 4.69) is 26.2 Å². The lowest BCUT2D eigenvalue weighted by atomic mass is 10.1. The van der Waals surface area contributed by atoms with E-state index >= 15 is 0 Å². The minimum atomic E-state index is -0.835. The highest BCUT2D eigenvalue weighted by Gasteiger charge is 2.26. The number of hydrogen-bond acceptors (Lipinski definition) is 6. The Morgan fingerprint density at radius 2 is 2.19 bits per heavy atom. The van der Waals surface area contributed by atoms with Crippen LogP contribution in [0.4, 0.5) is 8.78 Å². The summed E-state index contributed by atoms with van der Waals surface area (Å²) in [5.41, 5.74) is 1.45. The number of benzene rings is 1. The van der Waals surface area contributed by atoms with Gasteiger partial charge in [0.1, 0.15) is 5.69 Å². The minimum absolute atomic E-state index is 0.0351. The van der Waals surface area contributed by atoms with Gasteiger partial charge in [0, 0.05) is 17.5 Å². The van der Waals surface area contributed by atoms with E-state index in [1.165, 1.54) is 29.4 Å². The van der Waals surface area contributed by atoms with Crippen LogP contribution in [0.2, 0.25) is 0 Å². The van der Waals surface area contributed by atoms with Crippen LogP contribution < -0.4 is 5.32 Å². The molecule has 4 nitrogen and oxygen atoms in total. The van der Waals surface area contributed by atoms with E-state index in [1.54, 1.807) is 6.07 Å². The van der Waals surface area contributed by atoms with Gasteiger partial charge in [0.05, 0.1) is 29.3 Å². The molecule has 2 aromatic rings. The number of rotatable bonds is 6. The summed E-state index contributed by atoms with van der Waals surface area (Å²) >= 11 is 6.34. The van der Waals surface area contributed by atoms with E-state index in [9.17, 15) is 13.9 Å². The number of thiazole rings is 1. The molecule has 1 aromatic heterocycles. The third kappa shape index (κ3) is 4.39. The summed E-state index contributed by atoms with van der Waals surface area (Å²) in [6.45, 7) is 4.36. The molecule has 26 heavy (non-hydrogen) atoms. The van der Waals surface area contributed by atoms with Gasteiger partial charge in [-0.1, -0.05) is 12.1 Å². The molecule has 0 unspecified atom stereocenters. The molecular weight excluding hydrogens is 444 g/mol. The van der Waals surface area contributed by atoms with Crippen LogP contribution in [0.1, 0.15) is 30.0 Å². The molecule has 0 fully saturated rings. The Labute approximate surface area is 167 Å². The number of nitrogens with one attached hydrogen (secondary N) is 1. The van der Waals surface area contributed by atoms with Crippen LogP contribution in [-0.4, -0.2) is 26.5 Å². The van der Waals surface area contributed by atoms with Gasteiger partial charge in [-0.2, -0.15) is 0 Å². The van der Waals surface area contributed by atoms with Crippen LogP contribution in [0.3, 0.4) is 0 Å². The van der Waals surface area contributed by atoms with Crippen molar-refractivity contribution in [3.63, 3.8) is 0 Å². The molecule has 0 atom stereocenters. The van der Waals surface area contributed by atoms with Crippen LogP contribution in [0.5, 0.6) is 0 Å². The minimum Gasteiger partial charge on any atom is -0.394 e. The van der Waals surface area contributed by atoms with E-state index in [0.717, 1.165) is 26.3 Å². The smallest absolute Gasteiger partial charge is 0.162 e. The van der Waals surface area contributed by atoms with Crippen molar-refractivity contribution in [2.75, 3.05) is 6.61 Å². The van der Waals surface area contributed by atoms with E-state index in [-0.39, 0.29) is 6.61 Å². The maximum absolute atomic E-state index is 13.9. The molecule has 140 valence electrons. The molecule has 1 aliphatic heterocycles. The Balaban J connectivity index is 1.80. The van der Waals surface area contributed by atoms with Gasteiger partial charge in [-0.05, 0) is 47.8 Å². The highest BCUT2D eigenvalue weighted by atomic mass is 79.9. The maximum Gasteiger partial charge on any atom is 0.162 e. The number of hydrogen-bond donors (Lipinski definition) is 2. The predicted molar refractivity (Wildman–Crippen MR) is 105 cm³/mol. The van der Waals surface area contributed by atoms with Crippen LogP contribution >= 0.6 is 39.2 Å². The zero-order valence-electron chi connectivity index (χ0n) is 14.2. The van der Waals surface area contributed by atoms with Gasteiger partial charge in [0.25, 0.3) is 0 Å². The molecule has 0 saturated heterocycles. The fourth-order valence-corrected chi connectivity index (χ4v) is 4.99. The molecule has 0 saturated carbocycles.